The van der Waals surface area contributed by atoms with Crippen molar-refractivity contribution in [2.45, 2.75) is 98.1 Å². The molecule has 86 heavy (non-hydrogen) atoms. The van der Waals surface area contributed by atoms with Crippen LogP contribution in [-0.4, -0.2) is 83.4 Å². The number of nitrogens with zero attached hydrogens (tertiary/aromatic N) is 4. The Bertz CT molecular complexity index is 3630. The Balaban J connectivity index is 0.984. The van der Waals surface area contributed by atoms with Crippen molar-refractivity contribution in [3.05, 3.63) is 235 Å². The SMILES string of the molecule is CN=Cc1cncc(COc2cc(OCc3cccc(-c4cccc(COc5cc(OCc6cncc(C=NC)c6)c(CN[C@H](C(=O)O)[C@@H](C)OCc6ccccc6)cc5Cl)c4C)c3C)c(Cl)cc2CN[C@@H](COC(C)c2ccccc2)C(=O)O)c1. The van der Waals surface area contributed by atoms with E-state index in [-0.39, 0.29) is 58.8 Å². The molecule has 0 spiro atoms. The van der Waals surface area contributed by atoms with Gasteiger partial charge in [0.15, 0.2) is 0 Å². The second kappa shape index (κ2) is 31.6. The lowest BCUT2D eigenvalue weighted by atomic mass is 9.92. The number of aliphatic carboxylic acids is 2. The summed E-state index contributed by atoms with van der Waals surface area (Å²) in [6.07, 6.45) is 9.26. The lowest BCUT2D eigenvalue weighted by Gasteiger charge is -2.23. The molecule has 0 saturated heterocycles. The van der Waals surface area contributed by atoms with E-state index in [1.807, 2.05) is 104 Å². The largest absolute Gasteiger partial charge is 0.488 e. The number of hydrogen-bond donors (Lipinski definition) is 4. The van der Waals surface area contributed by atoms with E-state index >= 15 is 0 Å². The number of carbonyl (C=O) groups is 2. The van der Waals surface area contributed by atoms with Crippen molar-refractivity contribution in [1.29, 1.82) is 0 Å². The quantitative estimate of drug-likeness (QED) is 0.0299. The Labute approximate surface area is 511 Å². The zero-order valence-electron chi connectivity index (χ0n) is 48.8. The molecular weight excluding hydrogens is 1130 g/mol. The fraction of sp³-hybridized carbons (Fsp3) is 0.265. The van der Waals surface area contributed by atoms with Gasteiger partial charge in [0, 0.05) is 110 Å². The van der Waals surface area contributed by atoms with Gasteiger partial charge in [-0.15, -0.1) is 0 Å². The minimum atomic E-state index is -1.06. The minimum absolute atomic E-state index is 0.0815. The average molecular weight is 1200 g/mol. The number of hydrogen-bond acceptors (Lipinski definition) is 14. The second-order valence-corrected chi connectivity index (χ2v) is 21.3. The van der Waals surface area contributed by atoms with Crippen LogP contribution in [0.2, 0.25) is 10.0 Å². The highest BCUT2D eigenvalue weighted by Gasteiger charge is 2.27. The van der Waals surface area contributed by atoms with Crippen LogP contribution in [0.25, 0.3) is 11.1 Å². The topological polar surface area (TPSA) is 205 Å². The van der Waals surface area contributed by atoms with Crippen LogP contribution in [-0.2, 0) is 65.2 Å². The molecule has 4 atom stereocenters. The van der Waals surface area contributed by atoms with E-state index in [1.165, 1.54) is 0 Å². The molecule has 1 unspecified atom stereocenters. The maximum absolute atomic E-state index is 12.6. The number of pyridine rings is 2. The van der Waals surface area contributed by atoms with Crippen LogP contribution in [0.3, 0.4) is 0 Å². The van der Waals surface area contributed by atoms with Crippen molar-refractivity contribution < 1.29 is 48.2 Å². The molecular formula is C68H70Cl2N6O10. The highest BCUT2D eigenvalue weighted by atomic mass is 35.5. The minimum Gasteiger partial charge on any atom is -0.488 e. The molecule has 0 radical (unpaired) electrons. The van der Waals surface area contributed by atoms with E-state index in [0.29, 0.717) is 44.2 Å². The Morgan fingerprint density at radius 2 is 1.02 bits per heavy atom. The van der Waals surface area contributed by atoms with Gasteiger partial charge in [-0.05, 0) is 96.5 Å². The van der Waals surface area contributed by atoms with Gasteiger partial charge in [-0.3, -0.25) is 40.2 Å². The van der Waals surface area contributed by atoms with Crippen LogP contribution in [0.4, 0.5) is 0 Å². The standard InChI is InChI=1S/C68H70Cl2N6O10/c1-43-53(40-85-64-27-62(83-38-50-23-48(29-71-5)31-73-33-50)55(25-59(64)69)35-75-61(67(77)78)42-82-45(3)52-17-11-8-12-18-52)19-13-21-57(43)58-22-14-20-54(44(58)2)41-86-65-28-63(84-39-51-24-49(30-72-6)32-74-34-51)56(26-60(65)70)36-76-66(68(79)80)46(4)81-37-47-15-9-7-10-16-47/h7-34,45-46,61,66,75-76H,35-42H2,1-6H3,(H,77,78)(H,79,80)/t45?,46-,61+,66+/m1/s1. The van der Waals surface area contributed by atoms with Crippen molar-refractivity contribution >= 4 is 47.6 Å². The van der Waals surface area contributed by atoms with E-state index < -0.39 is 30.1 Å². The number of halogens is 2. The van der Waals surface area contributed by atoms with Crippen LogP contribution >= 0.6 is 23.2 Å². The van der Waals surface area contributed by atoms with E-state index in [9.17, 15) is 19.8 Å². The number of aromatic nitrogens is 2. The van der Waals surface area contributed by atoms with Gasteiger partial charge in [0.2, 0.25) is 0 Å². The molecule has 0 aliphatic carbocycles. The molecule has 4 N–H and O–H groups in total. The predicted molar refractivity (Wildman–Crippen MR) is 335 cm³/mol. The van der Waals surface area contributed by atoms with E-state index in [0.717, 1.165) is 66.8 Å². The molecule has 2 heterocycles. The number of rotatable bonds is 31. The van der Waals surface area contributed by atoms with Crippen LogP contribution in [0.1, 0.15) is 86.7 Å². The van der Waals surface area contributed by atoms with Crippen LogP contribution in [0.15, 0.2) is 168 Å². The highest BCUT2D eigenvalue weighted by molar-refractivity contribution is 6.32. The molecule has 446 valence electrons. The Morgan fingerprint density at radius 3 is 1.51 bits per heavy atom. The molecule has 8 aromatic rings. The average Bonchev–Trinajstić information content (AvgIpc) is 3.38. The maximum Gasteiger partial charge on any atom is 0.323 e. The first-order valence-electron chi connectivity index (χ1n) is 28.0. The van der Waals surface area contributed by atoms with Gasteiger partial charge in [0.25, 0.3) is 0 Å². The summed E-state index contributed by atoms with van der Waals surface area (Å²) in [5.74, 6) is -0.505. The molecule has 0 fully saturated rings. The van der Waals surface area contributed by atoms with Gasteiger partial charge < -0.3 is 38.6 Å². The van der Waals surface area contributed by atoms with Crippen LogP contribution in [0.5, 0.6) is 23.0 Å². The number of benzene rings is 6. The van der Waals surface area contributed by atoms with Crippen molar-refractivity contribution in [1.82, 2.24) is 20.6 Å². The first-order chi connectivity index (χ1) is 41.7. The van der Waals surface area contributed by atoms with Gasteiger partial charge in [0.05, 0.1) is 35.5 Å². The molecule has 0 saturated carbocycles. The van der Waals surface area contributed by atoms with Crippen molar-refractivity contribution in [2.24, 2.45) is 9.98 Å². The first kappa shape index (κ1) is 63.5. The summed E-state index contributed by atoms with van der Waals surface area (Å²) in [7, 11) is 3.38. The van der Waals surface area contributed by atoms with Crippen LogP contribution < -0.4 is 29.6 Å². The number of carboxylic acid groups (broad SMARTS) is 2. The molecule has 8 rings (SSSR count). The summed E-state index contributed by atoms with van der Waals surface area (Å²) < 4.78 is 37.9. The van der Waals surface area contributed by atoms with E-state index in [4.69, 9.17) is 51.6 Å². The monoisotopic (exact) mass is 1200 g/mol. The third-order valence-corrected chi connectivity index (χ3v) is 15.0. The fourth-order valence-corrected chi connectivity index (χ4v) is 9.99. The van der Waals surface area contributed by atoms with Gasteiger partial charge in [-0.1, -0.05) is 120 Å². The molecule has 0 aliphatic rings. The zero-order valence-corrected chi connectivity index (χ0v) is 50.3. The van der Waals surface area contributed by atoms with Crippen LogP contribution in [0, 0.1) is 13.8 Å². The first-order valence-corrected chi connectivity index (χ1v) is 28.7. The summed E-state index contributed by atoms with van der Waals surface area (Å²) >= 11 is 14.0. The highest BCUT2D eigenvalue weighted by Crippen LogP contribution is 2.38. The molecule has 0 aliphatic heterocycles. The molecule has 0 bridgehead atoms. The third-order valence-electron chi connectivity index (χ3n) is 14.4. The summed E-state index contributed by atoms with van der Waals surface area (Å²) in [4.78, 5) is 42.0. The van der Waals surface area contributed by atoms with E-state index in [2.05, 4.69) is 56.6 Å². The lowest BCUT2D eigenvalue weighted by molar-refractivity contribution is -0.144. The number of ether oxygens (including phenoxy) is 6. The molecule has 2 aromatic heterocycles. The lowest BCUT2D eigenvalue weighted by Crippen LogP contribution is -2.45. The van der Waals surface area contributed by atoms with Gasteiger partial charge in [0.1, 0.15) is 61.5 Å². The second-order valence-electron chi connectivity index (χ2n) is 20.5. The van der Waals surface area contributed by atoms with Gasteiger partial charge in [-0.2, -0.15) is 0 Å². The van der Waals surface area contributed by atoms with E-state index in [1.54, 1.807) is 82.5 Å². The third kappa shape index (κ3) is 17.8. The maximum atomic E-state index is 12.6. The number of carboxylic acids is 2. The fourth-order valence-electron chi connectivity index (χ4n) is 9.51. The van der Waals surface area contributed by atoms with Crippen molar-refractivity contribution in [3.63, 3.8) is 0 Å². The predicted octanol–water partition coefficient (Wildman–Crippen LogP) is 12.9. The zero-order chi connectivity index (χ0) is 61.0. The number of nitrogens with one attached hydrogen (secondary N) is 2. The molecule has 16 nitrogen and oxygen atoms in total. The molecule has 18 heteroatoms. The Kier molecular flexibility index (Phi) is 23.3. The Morgan fingerprint density at radius 1 is 0.535 bits per heavy atom. The number of aliphatic imine (C=N–C) groups is 2. The molecule has 6 aromatic carbocycles. The summed E-state index contributed by atoms with van der Waals surface area (Å²) in [5.41, 5.74) is 12.1. The summed E-state index contributed by atoms with van der Waals surface area (Å²) in [6, 6.07) is 40.0. The smallest absolute Gasteiger partial charge is 0.323 e. The van der Waals surface area contributed by atoms with Gasteiger partial charge >= 0.3 is 11.9 Å². The van der Waals surface area contributed by atoms with Crippen molar-refractivity contribution in [3.8, 4) is 34.1 Å². The van der Waals surface area contributed by atoms with Crippen molar-refractivity contribution in [2.75, 3.05) is 20.7 Å². The normalized spacial score (nSPS) is 12.9. The van der Waals surface area contributed by atoms with Gasteiger partial charge in [-0.25, -0.2) is 0 Å². The molecule has 0 amide bonds. The Hall–Kier alpha value is -8.48. The summed E-state index contributed by atoms with van der Waals surface area (Å²) in [5, 5.41) is 27.4. The summed E-state index contributed by atoms with van der Waals surface area (Å²) in [6.45, 7) is 8.70.